The summed E-state index contributed by atoms with van der Waals surface area (Å²) in [5, 5.41) is 12.8. The molecule has 1 N–H and O–H groups in total. The lowest BCUT2D eigenvalue weighted by molar-refractivity contribution is -0.112. The zero-order valence-corrected chi connectivity index (χ0v) is 20.0. The summed E-state index contributed by atoms with van der Waals surface area (Å²) >= 11 is 5.92. The van der Waals surface area contributed by atoms with Gasteiger partial charge in [0.15, 0.2) is 11.5 Å². The van der Waals surface area contributed by atoms with Crippen molar-refractivity contribution in [1.82, 2.24) is 0 Å². The first-order valence-corrected chi connectivity index (χ1v) is 11.1. The van der Waals surface area contributed by atoms with Crippen molar-refractivity contribution >= 4 is 35.2 Å². The Balaban J connectivity index is 1.80. The van der Waals surface area contributed by atoms with Crippen LogP contribution in [0, 0.1) is 11.3 Å². The highest BCUT2D eigenvalue weighted by Gasteiger charge is 2.16. The van der Waals surface area contributed by atoms with Crippen LogP contribution >= 0.6 is 11.6 Å². The van der Waals surface area contributed by atoms with Crippen LogP contribution in [0.1, 0.15) is 28.4 Å². The first-order valence-electron chi connectivity index (χ1n) is 10.7. The van der Waals surface area contributed by atoms with Gasteiger partial charge in [-0.05, 0) is 60.5 Å². The first kappa shape index (κ1) is 25.3. The molecule has 0 unspecified atom stereocenters. The molecule has 0 spiro atoms. The summed E-state index contributed by atoms with van der Waals surface area (Å²) in [6.45, 7) is 2.57. The number of anilines is 1. The van der Waals surface area contributed by atoms with E-state index in [2.05, 4.69) is 5.32 Å². The Morgan fingerprint density at radius 1 is 1.03 bits per heavy atom. The van der Waals surface area contributed by atoms with Crippen LogP contribution in [0.15, 0.2) is 72.3 Å². The topological polar surface area (TPSA) is 97.7 Å². The maximum Gasteiger partial charge on any atom is 0.339 e. The second kappa shape index (κ2) is 12.3. The molecule has 0 saturated carbocycles. The number of carbonyl (C=O) groups is 2. The molecule has 0 aliphatic rings. The van der Waals surface area contributed by atoms with E-state index < -0.39 is 11.9 Å². The van der Waals surface area contributed by atoms with Crippen molar-refractivity contribution in [2.45, 2.75) is 13.5 Å². The molecule has 0 radical (unpaired) electrons. The molecule has 3 aromatic carbocycles. The smallest absolute Gasteiger partial charge is 0.339 e. The van der Waals surface area contributed by atoms with Gasteiger partial charge in [-0.25, -0.2) is 4.79 Å². The van der Waals surface area contributed by atoms with Crippen molar-refractivity contribution in [3.63, 3.8) is 0 Å². The van der Waals surface area contributed by atoms with Gasteiger partial charge in [0.2, 0.25) is 0 Å². The molecule has 0 heterocycles. The van der Waals surface area contributed by atoms with Gasteiger partial charge < -0.3 is 19.5 Å². The molecule has 0 aromatic heterocycles. The molecular weight excluding hydrogens is 468 g/mol. The lowest BCUT2D eigenvalue weighted by atomic mass is 10.1. The van der Waals surface area contributed by atoms with Gasteiger partial charge in [0, 0.05) is 5.02 Å². The third kappa shape index (κ3) is 6.85. The first-order chi connectivity index (χ1) is 16.9. The number of rotatable bonds is 9. The van der Waals surface area contributed by atoms with Gasteiger partial charge in [0.05, 0.1) is 25.0 Å². The third-order valence-electron chi connectivity index (χ3n) is 4.83. The van der Waals surface area contributed by atoms with Gasteiger partial charge in [-0.15, -0.1) is 0 Å². The van der Waals surface area contributed by atoms with E-state index in [0.717, 1.165) is 5.56 Å². The molecule has 178 valence electrons. The Bertz CT molecular complexity index is 1280. The number of hydrogen-bond acceptors (Lipinski definition) is 6. The molecule has 0 fully saturated rings. The van der Waals surface area contributed by atoms with E-state index in [0.29, 0.717) is 35.3 Å². The SMILES string of the molecule is CCOc1cc(C=C(C#N)C(=O)Nc2ccccc2C(=O)OC)ccc1OCc1ccc(Cl)cc1. The highest BCUT2D eigenvalue weighted by molar-refractivity contribution is 6.30. The molecule has 0 aliphatic heterocycles. The van der Waals surface area contributed by atoms with Crippen LogP contribution in [0.2, 0.25) is 5.02 Å². The fraction of sp³-hybridized carbons (Fsp3) is 0.148. The zero-order valence-electron chi connectivity index (χ0n) is 19.2. The second-order valence-electron chi connectivity index (χ2n) is 7.22. The lowest BCUT2D eigenvalue weighted by Gasteiger charge is -2.13. The Morgan fingerprint density at radius 2 is 1.77 bits per heavy atom. The molecule has 0 aliphatic carbocycles. The number of nitriles is 1. The van der Waals surface area contributed by atoms with E-state index in [1.807, 2.05) is 25.1 Å². The number of carbonyl (C=O) groups excluding carboxylic acids is 2. The normalized spacial score (nSPS) is 10.7. The number of benzene rings is 3. The highest BCUT2D eigenvalue weighted by Crippen LogP contribution is 2.30. The Hall–Kier alpha value is -4.28. The average molecular weight is 491 g/mol. The summed E-state index contributed by atoms with van der Waals surface area (Å²) in [7, 11) is 1.25. The highest BCUT2D eigenvalue weighted by atomic mass is 35.5. The fourth-order valence-corrected chi connectivity index (χ4v) is 3.25. The van der Waals surface area contributed by atoms with Gasteiger partial charge in [0.25, 0.3) is 5.91 Å². The predicted molar refractivity (Wildman–Crippen MR) is 133 cm³/mol. The minimum Gasteiger partial charge on any atom is -0.490 e. The van der Waals surface area contributed by atoms with Crippen molar-refractivity contribution < 1.29 is 23.8 Å². The number of ether oxygens (including phenoxy) is 3. The number of halogens is 1. The summed E-state index contributed by atoms with van der Waals surface area (Å²) in [4.78, 5) is 24.7. The number of nitrogens with zero attached hydrogens (tertiary/aromatic N) is 1. The van der Waals surface area contributed by atoms with Crippen LogP contribution in [0.4, 0.5) is 5.69 Å². The zero-order chi connectivity index (χ0) is 25.2. The largest absolute Gasteiger partial charge is 0.490 e. The van der Waals surface area contributed by atoms with Crippen LogP contribution in [0.3, 0.4) is 0 Å². The Morgan fingerprint density at radius 3 is 2.46 bits per heavy atom. The minimum absolute atomic E-state index is 0.151. The minimum atomic E-state index is -0.662. The van der Waals surface area contributed by atoms with Crippen LogP contribution in [-0.2, 0) is 16.1 Å². The van der Waals surface area contributed by atoms with Crippen LogP contribution in [-0.4, -0.2) is 25.6 Å². The van der Waals surface area contributed by atoms with E-state index in [1.165, 1.54) is 19.3 Å². The van der Waals surface area contributed by atoms with Gasteiger partial charge in [0.1, 0.15) is 18.2 Å². The Kier molecular flexibility index (Phi) is 8.88. The number of nitrogens with one attached hydrogen (secondary N) is 1. The Labute approximate surface area is 208 Å². The van der Waals surface area contributed by atoms with E-state index in [9.17, 15) is 14.9 Å². The van der Waals surface area contributed by atoms with Gasteiger partial charge >= 0.3 is 5.97 Å². The number of esters is 1. The lowest BCUT2D eigenvalue weighted by Crippen LogP contribution is -2.16. The molecule has 8 heteroatoms. The molecule has 35 heavy (non-hydrogen) atoms. The predicted octanol–water partition coefficient (Wildman–Crippen LogP) is 5.65. The number of hydrogen-bond donors (Lipinski definition) is 1. The fourth-order valence-electron chi connectivity index (χ4n) is 3.13. The van der Waals surface area contributed by atoms with Crippen LogP contribution < -0.4 is 14.8 Å². The molecule has 0 atom stereocenters. The van der Waals surface area contributed by atoms with E-state index in [-0.39, 0.29) is 16.8 Å². The summed E-state index contributed by atoms with van der Waals surface area (Å²) in [6, 6.07) is 20.7. The number of amides is 1. The van der Waals surface area contributed by atoms with E-state index in [1.54, 1.807) is 48.5 Å². The maximum atomic E-state index is 12.8. The van der Waals surface area contributed by atoms with Crippen molar-refractivity contribution in [2.24, 2.45) is 0 Å². The maximum absolute atomic E-state index is 12.8. The summed E-state index contributed by atoms with van der Waals surface area (Å²) < 4.78 is 16.3. The average Bonchev–Trinajstić information content (AvgIpc) is 2.87. The van der Waals surface area contributed by atoms with Gasteiger partial charge in [-0.3, -0.25) is 4.79 Å². The molecule has 1 amide bonds. The molecule has 3 rings (SSSR count). The van der Waals surface area contributed by atoms with Crippen molar-refractivity contribution in [3.8, 4) is 17.6 Å². The molecule has 0 bridgehead atoms. The molecular formula is C27H23ClN2O5. The van der Waals surface area contributed by atoms with Crippen molar-refractivity contribution in [2.75, 3.05) is 19.0 Å². The quantitative estimate of drug-likeness (QED) is 0.236. The van der Waals surface area contributed by atoms with Crippen molar-refractivity contribution in [1.29, 1.82) is 5.26 Å². The molecule has 7 nitrogen and oxygen atoms in total. The number of para-hydroxylation sites is 1. The van der Waals surface area contributed by atoms with Crippen molar-refractivity contribution in [3.05, 3.63) is 94.0 Å². The van der Waals surface area contributed by atoms with Gasteiger partial charge in [-0.2, -0.15) is 5.26 Å². The van der Waals surface area contributed by atoms with Gasteiger partial charge in [-0.1, -0.05) is 41.9 Å². The summed E-state index contributed by atoms with van der Waals surface area (Å²) in [5.74, 6) is -0.262. The van der Waals surface area contributed by atoms with Crippen LogP contribution in [0.25, 0.3) is 6.08 Å². The molecule has 3 aromatic rings. The monoisotopic (exact) mass is 490 g/mol. The van der Waals surface area contributed by atoms with E-state index in [4.69, 9.17) is 25.8 Å². The second-order valence-corrected chi connectivity index (χ2v) is 7.65. The van der Waals surface area contributed by atoms with E-state index >= 15 is 0 Å². The third-order valence-corrected chi connectivity index (χ3v) is 5.08. The molecule has 0 saturated heterocycles. The number of methoxy groups -OCH3 is 1. The summed E-state index contributed by atoms with van der Waals surface area (Å²) in [5.41, 5.74) is 1.78. The standard InChI is InChI=1S/C27H23ClN2O5/c1-3-34-25-15-19(10-13-24(25)35-17-18-8-11-21(28)12-9-18)14-20(16-29)26(31)30-23-7-5-4-6-22(23)27(32)33-2/h4-15H,3,17H2,1-2H3,(H,30,31). The summed E-state index contributed by atoms with van der Waals surface area (Å²) in [6.07, 6.45) is 1.43. The van der Waals surface area contributed by atoms with Crippen LogP contribution in [0.5, 0.6) is 11.5 Å².